The van der Waals surface area contributed by atoms with Gasteiger partial charge in [0, 0.05) is 5.56 Å². The molecule has 2 nitrogen and oxygen atoms in total. The van der Waals surface area contributed by atoms with Crippen molar-refractivity contribution in [2.24, 2.45) is 11.8 Å². The summed E-state index contributed by atoms with van der Waals surface area (Å²) in [6.07, 6.45) is 6.24. The maximum Gasteiger partial charge on any atom is 0.181 e. The first-order chi connectivity index (χ1) is 9.27. The number of fused-ring (bicyclic) bond motifs is 1. The summed E-state index contributed by atoms with van der Waals surface area (Å²) in [5, 5.41) is 3.95. The van der Waals surface area contributed by atoms with Gasteiger partial charge in [0.1, 0.15) is 0 Å². The number of Topliss-reactive ketones (excluding diaryl/α,β-unsaturated/α-hetero) is 1. The topological polar surface area (TPSA) is 29.1 Å². The van der Waals surface area contributed by atoms with E-state index in [9.17, 15) is 4.79 Å². The van der Waals surface area contributed by atoms with Crippen LogP contribution in [0.5, 0.6) is 0 Å². The highest BCUT2D eigenvalue weighted by Gasteiger charge is 2.38. The molecule has 3 rings (SSSR count). The van der Waals surface area contributed by atoms with Crippen LogP contribution in [0, 0.1) is 17.9 Å². The lowest BCUT2D eigenvalue weighted by Crippen LogP contribution is -2.51. The Morgan fingerprint density at radius 3 is 3.00 bits per heavy atom. The lowest BCUT2D eigenvalue weighted by atomic mass is 9.70. The van der Waals surface area contributed by atoms with E-state index in [1.54, 1.807) is 18.2 Å². The predicted molar refractivity (Wildman–Crippen MR) is 76.5 cm³/mol. The molecule has 3 heteroatoms. The molecule has 0 bridgehead atoms. The Bertz CT molecular complexity index is 472. The molecular weight excluding hydrogens is 258 g/mol. The average molecular weight is 277 g/mol. The van der Waals surface area contributed by atoms with Crippen molar-refractivity contribution in [3.8, 4) is 0 Å². The minimum Gasteiger partial charge on any atom is -0.307 e. The fourth-order valence-corrected chi connectivity index (χ4v) is 3.89. The van der Waals surface area contributed by atoms with E-state index >= 15 is 0 Å². The highest BCUT2D eigenvalue weighted by molar-refractivity contribution is 6.34. The van der Waals surface area contributed by atoms with Crippen LogP contribution in [0.15, 0.2) is 18.2 Å². The van der Waals surface area contributed by atoms with Gasteiger partial charge in [-0.3, -0.25) is 4.79 Å². The predicted octanol–water partition coefficient (Wildman–Crippen LogP) is 3.49. The number of carbonyl (C=O) groups excluding carboxylic acids is 1. The number of carbonyl (C=O) groups is 1. The molecule has 101 valence electrons. The van der Waals surface area contributed by atoms with Crippen molar-refractivity contribution < 1.29 is 4.79 Å². The molecule has 1 heterocycles. The SMILES string of the molecule is O=C(c1cc[c]cc1Cl)C1NCCC2CCCCC21. The number of benzene rings is 1. The number of ketones is 1. The van der Waals surface area contributed by atoms with E-state index in [4.69, 9.17) is 11.6 Å². The zero-order valence-corrected chi connectivity index (χ0v) is 11.7. The van der Waals surface area contributed by atoms with Crippen LogP contribution in [0.3, 0.4) is 0 Å². The molecule has 19 heavy (non-hydrogen) atoms. The van der Waals surface area contributed by atoms with Gasteiger partial charge in [-0.15, -0.1) is 0 Å². The molecule has 1 aliphatic carbocycles. The number of nitrogens with one attached hydrogen (secondary N) is 1. The monoisotopic (exact) mass is 276 g/mol. The van der Waals surface area contributed by atoms with Crippen molar-refractivity contribution in [1.82, 2.24) is 5.32 Å². The number of hydrogen-bond donors (Lipinski definition) is 1. The molecule has 1 radical (unpaired) electrons. The van der Waals surface area contributed by atoms with E-state index in [1.165, 1.54) is 32.1 Å². The van der Waals surface area contributed by atoms with Crippen LogP contribution in [-0.4, -0.2) is 18.4 Å². The van der Waals surface area contributed by atoms with Gasteiger partial charge in [-0.05, 0) is 49.4 Å². The molecule has 0 aromatic heterocycles. The van der Waals surface area contributed by atoms with E-state index in [0.717, 1.165) is 12.5 Å². The smallest absolute Gasteiger partial charge is 0.181 e. The second-order valence-electron chi connectivity index (χ2n) is 5.70. The molecule has 3 unspecified atom stereocenters. The van der Waals surface area contributed by atoms with Crippen molar-refractivity contribution in [2.75, 3.05) is 6.54 Å². The lowest BCUT2D eigenvalue weighted by Gasteiger charge is -2.41. The van der Waals surface area contributed by atoms with Gasteiger partial charge in [0.05, 0.1) is 11.1 Å². The molecule has 1 saturated carbocycles. The fraction of sp³-hybridized carbons (Fsp3) is 0.562. The first-order valence-electron chi connectivity index (χ1n) is 7.20. The fourth-order valence-electron chi connectivity index (χ4n) is 3.67. The van der Waals surface area contributed by atoms with Crippen LogP contribution in [0.2, 0.25) is 5.02 Å². The maximum atomic E-state index is 12.7. The Hall–Kier alpha value is -0.860. The lowest BCUT2D eigenvalue weighted by molar-refractivity contribution is 0.0760. The van der Waals surface area contributed by atoms with Gasteiger partial charge in [0.25, 0.3) is 0 Å². The van der Waals surface area contributed by atoms with Crippen LogP contribution in [0.25, 0.3) is 0 Å². The number of halogens is 1. The van der Waals surface area contributed by atoms with Crippen LogP contribution < -0.4 is 5.32 Å². The Kier molecular flexibility index (Phi) is 3.90. The summed E-state index contributed by atoms with van der Waals surface area (Å²) in [6, 6.07) is 8.10. The summed E-state index contributed by atoms with van der Waals surface area (Å²) in [5.74, 6) is 1.38. The molecule has 0 spiro atoms. The summed E-state index contributed by atoms with van der Waals surface area (Å²) >= 11 is 6.13. The third kappa shape index (κ3) is 2.56. The molecule has 1 aliphatic heterocycles. The van der Waals surface area contributed by atoms with E-state index in [-0.39, 0.29) is 11.8 Å². The van der Waals surface area contributed by atoms with Gasteiger partial charge in [0.2, 0.25) is 0 Å². The molecule has 1 aromatic rings. The second kappa shape index (κ2) is 5.64. The second-order valence-corrected chi connectivity index (χ2v) is 6.11. The standard InChI is InChI=1S/C16H19ClNO/c17-14-8-4-3-7-13(14)16(19)15-12-6-2-1-5-11(12)9-10-18-15/h3,7-8,11-12,15,18H,1-2,5-6,9-10H2. The molecule has 0 amide bonds. The minimum atomic E-state index is -0.0426. The number of hydrogen-bond acceptors (Lipinski definition) is 2. The molecule has 1 aromatic carbocycles. The minimum absolute atomic E-state index is 0.0426. The van der Waals surface area contributed by atoms with Gasteiger partial charge >= 0.3 is 0 Å². The van der Waals surface area contributed by atoms with Crippen LogP contribution in [-0.2, 0) is 0 Å². The van der Waals surface area contributed by atoms with E-state index < -0.39 is 0 Å². The molecule has 3 atom stereocenters. The molecule has 2 fully saturated rings. The molecule has 1 N–H and O–H groups in total. The van der Waals surface area contributed by atoms with Crippen molar-refractivity contribution in [3.63, 3.8) is 0 Å². The van der Waals surface area contributed by atoms with Gasteiger partial charge in [-0.25, -0.2) is 0 Å². The summed E-state index contributed by atoms with van der Waals surface area (Å²) < 4.78 is 0. The number of rotatable bonds is 2. The Labute approximate surface area is 119 Å². The summed E-state index contributed by atoms with van der Waals surface area (Å²) in [5.41, 5.74) is 0.643. The number of piperidine rings is 1. The van der Waals surface area contributed by atoms with Gasteiger partial charge in [-0.2, -0.15) is 0 Å². The highest BCUT2D eigenvalue weighted by atomic mass is 35.5. The van der Waals surface area contributed by atoms with Crippen molar-refractivity contribution in [3.05, 3.63) is 34.9 Å². The van der Waals surface area contributed by atoms with Crippen LogP contribution in [0.1, 0.15) is 42.5 Å². The van der Waals surface area contributed by atoms with Crippen LogP contribution >= 0.6 is 11.6 Å². The van der Waals surface area contributed by atoms with Crippen molar-refractivity contribution in [2.45, 2.75) is 38.1 Å². The van der Waals surface area contributed by atoms with E-state index in [2.05, 4.69) is 11.4 Å². The third-order valence-electron chi connectivity index (χ3n) is 4.64. The quantitative estimate of drug-likeness (QED) is 0.838. The van der Waals surface area contributed by atoms with Crippen molar-refractivity contribution >= 4 is 17.4 Å². The summed E-state index contributed by atoms with van der Waals surface area (Å²) in [7, 11) is 0. The maximum absolute atomic E-state index is 12.7. The molecule has 2 aliphatic rings. The first kappa shape index (κ1) is 13.1. The average Bonchev–Trinajstić information content (AvgIpc) is 2.46. The van der Waals surface area contributed by atoms with E-state index in [0.29, 0.717) is 16.5 Å². The van der Waals surface area contributed by atoms with Crippen molar-refractivity contribution in [1.29, 1.82) is 0 Å². The highest BCUT2D eigenvalue weighted by Crippen LogP contribution is 2.38. The zero-order chi connectivity index (χ0) is 13.2. The molecular formula is C16H19ClNO. The largest absolute Gasteiger partial charge is 0.307 e. The Morgan fingerprint density at radius 2 is 2.16 bits per heavy atom. The zero-order valence-electron chi connectivity index (χ0n) is 11.0. The molecule has 1 saturated heterocycles. The normalized spacial score (nSPS) is 30.7. The summed E-state index contributed by atoms with van der Waals surface area (Å²) in [4.78, 5) is 12.7. The Balaban J connectivity index is 1.84. The van der Waals surface area contributed by atoms with Crippen LogP contribution in [0.4, 0.5) is 0 Å². The third-order valence-corrected chi connectivity index (χ3v) is 4.95. The summed E-state index contributed by atoms with van der Waals surface area (Å²) in [6.45, 7) is 0.953. The van der Waals surface area contributed by atoms with Gasteiger partial charge in [0.15, 0.2) is 5.78 Å². The van der Waals surface area contributed by atoms with Gasteiger partial charge < -0.3 is 5.32 Å². The Morgan fingerprint density at radius 1 is 1.32 bits per heavy atom. The van der Waals surface area contributed by atoms with E-state index in [1.807, 2.05) is 0 Å². The van der Waals surface area contributed by atoms with Gasteiger partial charge in [-0.1, -0.05) is 36.9 Å². The first-order valence-corrected chi connectivity index (χ1v) is 7.58.